The Hall–Kier alpha value is -3.74. The second-order valence-corrected chi connectivity index (χ2v) is 6.32. The molecule has 0 saturated carbocycles. The molecule has 0 radical (unpaired) electrons. The molecule has 0 spiro atoms. The lowest BCUT2D eigenvalue weighted by Crippen LogP contribution is -2.13. The smallest absolute Gasteiger partial charge is 0.306 e. The van der Waals surface area contributed by atoms with E-state index in [2.05, 4.69) is 15.3 Å². The van der Waals surface area contributed by atoms with E-state index in [1.807, 2.05) is 0 Å². The van der Waals surface area contributed by atoms with Crippen molar-refractivity contribution in [3.8, 4) is 11.3 Å². The van der Waals surface area contributed by atoms with Crippen molar-refractivity contribution in [1.82, 2.24) is 9.97 Å². The second kappa shape index (κ2) is 7.35. The Morgan fingerprint density at radius 1 is 0.897 bits per heavy atom. The van der Waals surface area contributed by atoms with Crippen molar-refractivity contribution in [2.24, 2.45) is 0 Å². The van der Waals surface area contributed by atoms with Crippen molar-refractivity contribution < 1.29 is 18.0 Å². The fourth-order valence-corrected chi connectivity index (χ4v) is 2.97. The van der Waals surface area contributed by atoms with Gasteiger partial charge in [0.2, 0.25) is 0 Å². The van der Waals surface area contributed by atoms with Crippen LogP contribution in [0.5, 0.6) is 0 Å². The Morgan fingerprint density at radius 3 is 2.48 bits per heavy atom. The lowest BCUT2D eigenvalue weighted by atomic mass is 10.0. The zero-order valence-corrected chi connectivity index (χ0v) is 14.9. The van der Waals surface area contributed by atoms with E-state index in [0.29, 0.717) is 33.5 Å². The summed E-state index contributed by atoms with van der Waals surface area (Å²) in [5.74, 6) is -0.00784. The molecule has 0 aliphatic carbocycles. The molecular weight excluding hydrogens is 379 g/mol. The van der Waals surface area contributed by atoms with Gasteiger partial charge in [0.05, 0.1) is 22.3 Å². The lowest BCUT2D eigenvalue weighted by molar-refractivity contribution is -0.137. The predicted molar refractivity (Wildman–Crippen MR) is 104 cm³/mol. The van der Waals surface area contributed by atoms with Gasteiger partial charge in [-0.15, -0.1) is 0 Å². The summed E-state index contributed by atoms with van der Waals surface area (Å²) in [4.78, 5) is 21.3. The van der Waals surface area contributed by atoms with Gasteiger partial charge in [-0.2, -0.15) is 13.2 Å². The Bertz CT molecular complexity index is 1190. The zero-order chi connectivity index (χ0) is 20.4. The molecule has 0 atom stereocenters. The molecule has 0 unspecified atom stereocenters. The molecule has 0 bridgehead atoms. The number of benzene rings is 2. The first-order valence-corrected chi connectivity index (χ1v) is 8.71. The Kier molecular flexibility index (Phi) is 4.72. The molecule has 4 aromatic rings. The third kappa shape index (κ3) is 3.94. The third-order valence-electron chi connectivity index (χ3n) is 4.36. The van der Waals surface area contributed by atoms with Crippen LogP contribution in [-0.2, 0) is 6.18 Å². The van der Waals surface area contributed by atoms with Crippen LogP contribution in [0.1, 0.15) is 15.9 Å². The van der Waals surface area contributed by atoms with E-state index in [9.17, 15) is 18.0 Å². The fourth-order valence-electron chi connectivity index (χ4n) is 2.97. The normalized spacial score (nSPS) is 11.4. The van der Waals surface area contributed by atoms with E-state index < -0.39 is 17.6 Å². The number of carbonyl (C=O) groups excluding carboxylic acids is 1. The zero-order valence-electron chi connectivity index (χ0n) is 14.9. The number of aromatic nitrogens is 2. The number of carbonyl (C=O) groups is 1. The van der Waals surface area contributed by atoms with Crippen LogP contribution in [0.3, 0.4) is 0 Å². The number of nitrogens with zero attached hydrogens (tertiary/aromatic N) is 2. The molecule has 7 heteroatoms. The number of hydrogen-bond acceptors (Lipinski definition) is 3. The predicted octanol–water partition coefficient (Wildman–Crippen LogP) is 5.57. The SMILES string of the molecule is O=C(Nc1ccccn1)c1cccc2ccc(-c3cccc(C(F)(F)F)c3)nc12. The van der Waals surface area contributed by atoms with E-state index in [1.165, 1.54) is 6.07 Å². The highest BCUT2D eigenvalue weighted by Gasteiger charge is 2.30. The Morgan fingerprint density at radius 2 is 1.72 bits per heavy atom. The number of alkyl halides is 3. The summed E-state index contributed by atoms with van der Waals surface area (Å²) in [5.41, 5.74) is 0.624. The fraction of sp³-hybridized carbons (Fsp3) is 0.0455. The molecule has 4 nitrogen and oxygen atoms in total. The number of fused-ring (bicyclic) bond motifs is 1. The Labute approximate surface area is 164 Å². The van der Waals surface area contributed by atoms with Crippen LogP contribution < -0.4 is 5.32 Å². The molecule has 1 N–H and O–H groups in total. The van der Waals surface area contributed by atoms with Crippen LogP contribution in [0.25, 0.3) is 22.2 Å². The van der Waals surface area contributed by atoms with Crippen molar-refractivity contribution in [2.45, 2.75) is 6.18 Å². The molecule has 29 heavy (non-hydrogen) atoms. The molecule has 0 saturated heterocycles. The summed E-state index contributed by atoms with van der Waals surface area (Å²) >= 11 is 0. The molecule has 144 valence electrons. The molecule has 0 aliphatic rings. The molecule has 1 amide bonds. The van der Waals surface area contributed by atoms with Crippen molar-refractivity contribution in [3.05, 3.63) is 90.1 Å². The topological polar surface area (TPSA) is 54.9 Å². The first-order valence-electron chi connectivity index (χ1n) is 8.71. The van der Waals surface area contributed by atoms with E-state index >= 15 is 0 Å². The maximum absolute atomic E-state index is 13.0. The van der Waals surface area contributed by atoms with Gasteiger partial charge in [0.25, 0.3) is 5.91 Å². The number of rotatable bonds is 3. The van der Waals surface area contributed by atoms with Gasteiger partial charge in [-0.1, -0.05) is 36.4 Å². The maximum Gasteiger partial charge on any atom is 0.416 e. The molecular formula is C22H14F3N3O. The van der Waals surface area contributed by atoms with Crippen LogP contribution in [0.4, 0.5) is 19.0 Å². The van der Waals surface area contributed by atoms with Gasteiger partial charge in [0.1, 0.15) is 5.82 Å². The molecule has 2 heterocycles. The number of halogens is 3. The van der Waals surface area contributed by atoms with Gasteiger partial charge in [0, 0.05) is 17.1 Å². The van der Waals surface area contributed by atoms with Crippen LogP contribution >= 0.6 is 0 Å². The van der Waals surface area contributed by atoms with Gasteiger partial charge in [-0.05, 0) is 36.4 Å². The van der Waals surface area contributed by atoms with Crippen molar-refractivity contribution >= 4 is 22.6 Å². The first-order chi connectivity index (χ1) is 13.9. The number of pyridine rings is 2. The monoisotopic (exact) mass is 393 g/mol. The maximum atomic E-state index is 13.0. The van der Waals surface area contributed by atoms with Crippen LogP contribution in [0, 0.1) is 0 Å². The number of anilines is 1. The molecule has 0 fully saturated rings. The highest BCUT2D eigenvalue weighted by Crippen LogP contribution is 2.32. The summed E-state index contributed by atoms with van der Waals surface area (Å²) in [6.45, 7) is 0. The van der Waals surface area contributed by atoms with E-state index in [0.717, 1.165) is 12.1 Å². The van der Waals surface area contributed by atoms with E-state index in [4.69, 9.17) is 0 Å². The standard InChI is InChI=1S/C22H14F3N3O/c23-22(24,25)16-7-3-6-15(13-16)18-11-10-14-5-4-8-17(20(14)27-18)21(29)28-19-9-1-2-12-26-19/h1-13H,(H,26,28,29). The number of nitrogens with one attached hydrogen (secondary N) is 1. The lowest BCUT2D eigenvalue weighted by Gasteiger charge is -2.10. The highest BCUT2D eigenvalue weighted by molar-refractivity contribution is 6.11. The first kappa shape index (κ1) is 18.6. The van der Waals surface area contributed by atoms with Gasteiger partial charge in [-0.25, -0.2) is 9.97 Å². The van der Waals surface area contributed by atoms with Crippen LogP contribution in [-0.4, -0.2) is 15.9 Å². The van der Waals surface area contributed by atoms with Crippen LogP contribution in [0.15, 0.2) is 79.0 Å². The van der Waals surface area contributed by atoms with Crippen LogP contribution in [0.2, 0.25) is 0 Å². The molecule has 0 aliphatic heterocycles. The summed E-state index contributed by atoms with van der Waals surface area (Å²) in [6, 6.07) is 18.6. The summed E-state index contributed by atoms with van der Waals surface area (Å²) < 4.78 is 39.1. The Balaban J connectivity index is 1.76. The van der Waals surface area contributed by atoms with Gasteiger partial charge < -0.3 is 5.32 Å². The molecule has 4 rings (SSSR count). The highest BCUT2D eigenvalue weighted by atomic mass is 19.4. The minimum Gasteiger partial charge on any atom is -0.306 e. The summed E-state index contributed by atoms with van der Waals surface area (Å²) in [7, 11) is 0. The molecule has 2 aromatic carbocycles. The van der Waals surface area contributed by atoms with Crippen molar-refractivity contribution in [1.29, 1.82) is 0 Å². The average Bonchev–Trinajstić information content (AvgIpc) is 2.73. The third-order valence-corrected chi connectivity index (χ3v) is 4.36. The number of amides is 1. The van der Waals surface area contributed by atoms with E-state index in [1.54, 1.807) is 60.8 Å². The number of hydrogen-bond donors (Lipinski definition) is 1. The van der Waals surface area contributed by atoms with Crippen molar-refractivity contribution in [3.63, 3.8) is 0 Å². The summed E-state index contributed by atoms with van der Waals surface area (Å²) in [5, 5.41) is 3.40. The van der Waals surface area contributed by atoms with Gasteiger partial charge >= 0.3 is 6.18 Å². The largest absolute Gasteiger partial charge is 0.416 e. The molecule has 2 aromatic heterocycles. The van der Waals surface area contributed by atoms with Crippen molar-refractivity contribution in [2.75, 3.05) is 5.32 Å². The summed E-state index contributed by atoms with van der Waals surface area (Å²) in [6.07, 6.45) is -2.89. The average molecular weight is 393 g/mol. The second-order valence-electron chi connectivity index (χ2n) is 6.32. The minimum absolute atomic E-state index is 0.307. The van der Waals surface area contributed by atoms with E-state index in [-0.39, 0.29) is 0 Å². The minimum atomic E-state index is -4.44. The quantitative estimate of drug-likeness (QED) is 0.495. The number of para-hydroxylation sites is 1. The van der Waals surface area contributed by atoms with Gasteiger partial charge in [0.15, 0.2) is 0 Å². The van der Waals surface area contributed by atoms with Gasteiger partial charge in [-0.3, -0.25) is 4.79 Å².